The summed E-state index contributed by atoms with van der Waals surface area (Å²) in [6.07, 6.45) is 0.179. The molecule has 0 saturated carbocycles. The molecule has 118 valence electrons. The molecule has 0 aliphatic carbocycles. The van der Waals surface area contributed by atoms with Crippen LogP contribution in [-0.2, 0) is 4.79 Å². The Morgan fingerprint density at radius 2 is 1.70 bits per heavy atom. The average molecular weight is 375 g/mol. The fraction of sp³-hybridized carbons (Fsp3) is 0.118. The second kappa shape index (κ2) is 8.24. The summed E-state index contributed by atoms with van der Waals surface area (Å²) in [6.45, 7) is 0. The molecule has 2 aromatic carbocycles. The minimum atomic E-state index is -0.910. The van der Waals surface area contributed by atoms with Gasteiger partial charge in [-0.2, -0.15) is 5.10 Å². The van der Waals surface area contributed by atoms with E-state index in [2.05, 4.69) is 26.5 Å². The Hall–Kier alpha value is -2.47. The summed E-state index contributed by atoms with van der Waals surface area (Å²) in [5.74, 6) is -1.26. The Morgan fingerprint density at radius 3 is 2.35 bits per heavy atom. The van der Waals surface area contributed by atoms with Crippen LogP contribution in [0.3, 0.4) is 0 Å². The smallest absolute Gasteiger partial charge is 0.303 e. The Morgan fingerprint density at radius 1 is 1.00 bits per heavy atom. The third-order valence-corrected chi connectivity index (χ3v) is 3.56. The Kier molecular flexibility index (Phi) is 6.05. The fourth-order valence-electron chi connectivity index (χ4n) is 1.93. The van der Waals surface area contributed by atoms with E-state index in [-0.39, 0.29) is 18.7 Å². The van der Waals surface area contributed by atoms with Crippen molar-refractivity contribution in [2.75, 3.05) is 0 Å². The van der Waals surface area contributed by atoms with Gasteiger partial charge in [0.15, 0.2) is 0 Å². The van der Waals surface area contributed by atoms with Crippen molar-refractivity contribution in [2.24, 2.45) is 5.10 Å². The summed E-state index contributed by atoms with van der Waals surface area (Å²) in [7, 11) is 0. The Labute approximate surface area is 142 Å². The van der Waals surface area contributed by atoms with E-state index in [1.807, 2.05) is 36.4 Å². The van der Waals surface area contributed by atoms with Crippen molar-refractivity contribution in [1.82, 2.24) is 5.43 Å². The molecule has 1 amide bonds. The number of carboxylic acids is 1. The van der Waals surface area contributed by atoms with Crippen molar-refractivity contribution in [3.05, 3.63) is 70.2 Å². The molecular formula is C17H15BrN2O3. The van der Waals surface area contributed by atoms with Gasteiger partial charge < -0.3 is 5.11 Å². The predicted molar refractivity (Wildman–Crippen MR) is 91.5 cm³/mol. The van der Waals surface area contributed by atoms with E-state index in [1.54, 1.807) is 18.2 Å². The highest BCUT2D eigenvalue weighted by Crippen LogP contribution is 2.12. The van der Waals surface area contributed by atoms with Gasteiger partial charge in [-0.1, -0.05) is 52.3 Å². The van der Waals surface area contributed by atoms with Crippen LogP contribution < -0.4 is 5.43 Å². The molecule has 0 bridgehead atoms. The van der Waals surface area contributed by atoms with Crippen LogP contribution in [0.25, 0.3) is 0 Å². The third kappa shape index (κ3) is 5.34. The highest BCUT2D eigenvalue weighted by Gasteiger charge is 2.09. The molecule has 6 heteroatoms. The Balaban J connectivity index is 2.16. The van der Waals surface area contributed by atoms with Crippen molar-refractivity contribution in [2.45, 2.75) is 12.8 Å². The van der Waals surface area contributed by atoms with E-state index in [1.165, 1.54) is 0 Å². The molecule has 0 saturated heterocycles. The number of benzene rings is 2. The molecule has 0 unspecified atom stereocenters. The first-order chi connectivity index (χ1) is 11.1. The zero-order valence-corrected chi connectivity index (χ0v) is 13.8. The van der Waals surface area contributed by atoms with E-state index in [4.69, 9.17) is 5.11 Å². The minimum absolute atomic E-state index is 0.0551. The number of hydrazone groups is 1. The quantitative estimate of drug-likeness (QED) is 0.600. The number of hydrogen-bond acceptors (Lipinski definition) is 3. The lowest BCUT2D eigenvalue weighted by Gasteiger charge is -2.07. The van der Waals surface area contributed by atoms with E-state index in [0.29, 0.717) is 11.3 Å². The second-order valence-electron chi connectivity index (χ2n) is 4.77. The van der Waals surface area contributed by atoms with E-state index in [9.17, 15) is 9.59 Å². The molecule has 0 aliphatic heterocycles. The molecule has 0 atom stereocenters. The van der Waals surface area contributed by atoms with Crippen LogP contribution in [0, 0.1) is 0 Å². The lowest BCUT2D eigenvalue weighted by Crippen LogP contribution is -2.20. The number of aliphatic carboxylic acids is 1. The maximum Gasteiger partial charge on any atom is 0.303 e. The molecule has 23 heavy (non-hydrogen) atoms. The summed E-state index contributed by atoms with van der Waals surface area (Å²) in [5.41, 5.74) is 4.26. The number of rotatable bonds is 6. The molecular weight excluding hydrogens is 360 g/mol. The van der Waals surface area contributed by atoms with Crippen molar-refractivity contribution in [3.8, 4) is 0 Å². The van der Waals surface area contributed by atoms with Gasteiger partial charge in [0.2, 0.25) is 0 Å². The summed E-state index contributed by atoms with van der Waals surface area (Å²) < 4.78 is 0.795. The molecule has 2 N–H and O–H groups in total. The van der Waals surface area contributed by atoms with Crippen LogP contribution in [0.2, 0.25) is 0 Å². The van der Waals surface area contributed by atoms with E-state index >= 15 is 0 Å². The zero-order chi connectivity index (χ0) is 16.7. The molecule has 2 rings (SSSR count). The first kappa shape index (κ1) is 16.9. The lowest BCUT2D eigenvalue weighted by molar-refractivity contribution is -0.136. The van der Waals surface area contributed by atoms with Gasteiger partial charge in [0.05, 0.1) is 12.1 Å². The summed E-state index contributed by atoms with van der Waals surface area (Å²) >= 11 is 3.31. The second-order valence-corrected chi connectivity index (χ2v) is 5.69. The van der Waals surface area contributed by atoms with Crippen molar-refractivity contribution >= 4 is 33.5 Å². The van der Waals surface area contributed by atoms with Crippen molar-refractivity contribution in [1.29, 1.82) is 0 Å². The molecule has 0 radical (unpaired) electrons. The summed E-state index contributed by atoms with van der Waals surface area (Å²) in [5, 5.41) is 13.0. The highest BCUT2D eigenvalue weighted by molar-refractivity contribution is 9.10. The number of carbonyl (C=O) groups is 2. The van der Waals surface area contributed by atoms with Gasteiger partial charge in [0.1, 0.15) is 0 Å². The van der Waals surface area contributed by atoms with Gasteiger partial charge in [-0.3, -0.25) is 9.59 Å². The minimum Gasteiger partial charge on any atom is -0.481 e. The highest BCUT2D eigenvalue weighted by atomic mass is 79.9. The number of nitrogens with one attached hydrogen (secondary N) is 1. The molecule has 0 aromatic heterocycles. The molecule has 5 nitrogen and oxygen atoms in total. The van der Waals surface area contributed by atoms with E-state index in [0.717, 1.165) is 10.0 Å². The summed E-state index contributed by atoms with van der Waals surface area (Å²) in [4.78, 5) is 22.9. The number of carboxylic acid groups (broad SMARTS) is 1. The first-order valence-corrected chi connectivity index (χ1v) is 7.75. The summed E-state index contributed by atoms with van der Waals surface area (Å²) in [6, 6.07) is 16.1. The maximum absolute atomic E-state index is 12.1. The molecule has 0 spiro atoms. The monoisotopic (exact) mass is 374 g/mol. The SMILES string of the molecule is O=C(O)CC/C(=N\NC(=O)c1cccc(Br)c1)c1ccccc1. The van der Waals surface area contributed by atoms with Gasteiger partial charge in [0, 0.05) is 16.5 Å². The number of halogens is 1. The van der Waals surface area contributed by atoms with Gasteiger partial charge in [-0.15, -0.1) is 0 Å². The van der Waals surface area contributed by atoms with Gasteiger partial charge in [0.25, 0.3) is 5.91 Å². The van der Waals surface area contributed by atoms with Crippen LogP contribution in [0.1, 0.15) is 28.8 Å². The van der Waals surface area contributed by atoms with E-state index < -0.39 is 5.97 Å². The van der Waals surface area contributed by atoms with Gasteiger partial charge in [-0.25, -0.2) is 5.43 Å². The molecule has 0 heterocycles. The normalized spacial score (nSPS) is 11.1. The fourth-order valence-corrected chi connectivity index (χ4v) is 2.33. The van der Waals surface area contributed by atoms with Crippen LogP contribution in [0.5, 0.6) is 0 Å². The topological polar surface area (TPSA) is 78.8 Å². The molecule has 0 fully saturated rings. The van der Waals surface area contributed by atoms with Gasteiger partial charge in [-0.05, 0) is 23.8 Å². The standard InChI is InChI=1S/C17H15BrN2O3/c18-14-8-4-7-13(11-14)17(23)20-19-15(9-10-16(21)22)12-5-2-1-3-6-12/h1-8,11H,9-10H2,(H,20,23)(H,21,22)/b19-15+. The van der Waals surface area contributed by atoms with Crippen molar-refractivity contribution < 1.29 is 14.7 Å². The number of amides is 1. The Bertz CT molecular complexity index is 730. The number of hydrogen-bond donors (Lipinski definition) is 2. The van der Waals surface area contributed by atoms with Crippen LogP contribution in [0.15, 0.2) is 64.2 Å². The van der Waals surface area contributed by atoms with Crippen molar-refractivity contribution in [3.63, 3.8) is 0 Å². The average Bonchev–Trinajstić information content (AvgIpc) is 2.55. The van der Waals surface area contributed by atoms with Gasteiger partial charge >= 0.3 is 5.97 Å². The third-order valence-electron chi connectivity index (χ3n) is 3.06. The largest absolute Gasteiger partial charge is 0.481 e. The van der Waals surface area contributed by atoms with Crippen LogP contribution >= 0.6 is 15.9 Å². The molecule has 2 aromatic rings. The number of carbonyl (C=O) groups excluding carboxylic acids is 1. The van der Waals surface area contributed by atoms with Crippen LogP contribution in [-0.4, -0.2) is 22.7 Å². The maximum atomic E-state index is 12.1. The van der Waals surface area contributed by atoms with Crippen LogP contribution in [0.4, 0.5) is 0 Å². The number of nitrogens with zero attached hydrogens (tertiary/aromatic N) is 1. The predicted octanol–water partition coefficient (Wildman–Crippen LogP) is 3.45. The lowest BCUT2D eigenvalue weighted by atomic mass is 10.1. The first-order valence-electron chi connectivity index (χ1n) is 6.96. The zero-order valence-electron chi connectivity index (χ0n) is 12.2. The molecule has 0 aliphatic rings.